The third-order valence-electron chi connectivity index (χ3n) is 4.53. The van der Waals surface area contributed by atoms with E-state index in [-0.39, 0.29) is 0 Å². The van der Waals surface area contributed by atoms with E-state index in [4.69, 9.17) is 4.74 Å². The monoisotopic (exact) mass is 309 g/mol. The van der Waals surface area contributed by atoms with Gasteiger partial charge in [-0.25, -0.2) is 0 Å². The molecule has 3 rings (SSSR count). The first kappa shape index (κ1) is 15.2. The Balaban J connectivity index is 2.26. The molecule has 2 aromatic carbocycles. The Hall–Kier alpha value is -2.75. The minimum atomic E-state index is -1.13. The highest BCUT2D eigenvalue weighted by molar-refractivity contribution is 5.94. The molecule has 118 valence electrons. The largest absolute Gasteiger partial charge is 0.497 e. The number of hydrogen-bond acceptors (Lipinski definition) is 2. The van der Waals surface area contributed by atoms with Gasteiger partial charge in [0.25, 0.3) is 0 Å². The van der Waals surface area contributed by atoms with Gasteiger partial charge in [0.15, 0.2) is 0 Å². The molecular weight excluding hydrogens is 290 g/mol. The summed E-state index contributed by atoms with van der Waals surface area (Å²) in [6, 6.07) is 15.1. The molecule has 1 N–H and O–H groups in total. The summed E-state index contributed by atoms with van der Waals surface area (Å²) in [7, 11) is 3.53. The van der Waals surface area contributed by atoms with Crippen molar-refractivity contribution in [1.82, 2.24) is 4.57 Å². The first-order valence-electron chi connectivity index (χ1n) is 7.41. The lowest BCUT2D eigenvalue weighted by molar-refractivity contribution is -0.141. The van der Waals surface area contributed by atoms with Crippen molar-refractivity contribution in [3.05, 3.63) is 65.9 Å². The summed E-state index contributed by atoms with van der Waals surface area (Å²) < 4.78 is 7.14. The average molecular weight is 309 g/mol. The van der Waals surface area contributed by atoms with Crippen LogP contribution in [0.1, 0.15) is 18.1 Å². The van der Waals surface area contributed by atoms with Gasteiger partial charge in [0, 0.05) is 24.1 Å². The molecule has 0 aliphatic carbocycles. The van der Waals surface area contributed by atoms with Crippen LogP contribution in [-0.2, 0) is 17.3 Å². The van der Waals surface area contributed by atoms with Gasteiger partial charge in [0.1, 0.15) is 11.2 Å². The number of aromatic nitrogens is 1. The Morgan fingerprint density at radius 1 is 1.13 bits per heavy atom. The van der Waals surface area contributed by atoms with E-state index in [0.29, 0.717) is 5.75 Å². The fraction of sp³-hybridized carbons (Fsp3) is 0.211. The molecular formula is C19H19NO3. The van der Waals surface area contributed by atoms with Crippen molar-refractivity contribution in [3.8, 4) is 5.75 Å². The van der Waals surface area contributed by atoms with Gasteiger partial charge in [0.2, 0.25) is 0 Å². The fourth-order valence-corrected chi connectivity index (χ4v) is 3.06. The standard InChI is InChI=1S/C19H19NO3/c1-19(18(21)22,13-8-10-14(23-3)11-9-13)16-12-20(2)17-7-5-4-6-15(16)17/h4-12H,1-3H3,(H,21,22). The van der Waals surface area contributed by atoms with Crippen LogP contribution < -0.4 is 4.74 Å². The zero-order chi connectivity index (χ0) is 16.6. The number of carboxylic acid groups (broad SMARTS) is 1. The number of rotatable bonds is 4. The maximum atomic E-state index is 12.2. The van der Waals surface area contributed by atoms with Crippen LogP contribution in [0.15, 0.2) is 54.7 Å². The van der Waals surface area contributed by atoms with Crippen molar-refractivity contribution in [1.29, 1.82) is 0 Å². The van der Waals surface area contributed by atoms with Crippen LogP contribution in [-0.4, -0.2) is 22.8 Å². The van der Waals surface area contributed by atoms with Gasteiger partial charge in [-0.05, 0) is 36.2 Å². The SMILES string of the molecule is COc1ccc(C(C)(C(=O)O)c2cn(C)c3ccccc23)cc1. The Kier molecular flexibility index (Phi) is 3.60. The molecule has 4 nitrogen and oxygen atoms in total. The average Bonchev–Trinajstić information content (AvgIpc) is 2.92. The second kappa shape index (κ2) is 5.47. The Morgan fingerprint density at radius 3 is 2.39 bits per heavy atom. The first-order chi connectivity index (χ1) is 11.0. The predicted octanol–water partition coefficient (Wildman–Crippen LogP) is 3.58. The third kappa shape index (κ3) is 2.27. The predicted molar refractivity (Wildman–Crippen MR) is 90.0 cm³/mol. The van der Waals surface area contributed by atoms with Crippen molar-refractivity contribution in [2.45, 2.75) is 12.3 Å². The molecule has 1 atom stereocenters. The summed E-state index contributed by atoms with van der Waals surface area (Å²) in [5.41, 5.74) is 1.39. The second-order valence-corrected chi connectivity index (χ2v) is 5.83. The molecule has 0 aliphatic rings. The van der Waals surface area contributed by atoms with Crippen molar-refractivity contribution in [3.63, 3.8) is 0 Å². The number of hydrogen-bond donors (Lipinski definition) is 1. The van der Waals surface area contributed by atoms with E-state index in [9.17, 15) is 9.90 Å². The molecule has 0 amide bonds. The number of benzene rings is 2. The van der Waals surface area contributed by atoms with Crippen molar-refractivity contribution >= 4 is 16.9 Å². The number of fused-ring (bicyclic) bond motifs is 1. The van der Waals surface area contributed by atoms with Gasteiger partial charge in [-0.15, -0.1) is 0 Å². The lowest BCUT2D eigenvalue weighted by Gasteiger charge is -2.25. The molecule has 0 aliphatic heterocycles. The van der Waals surface area contributed by atoms with Gasteiger partial charge >= 0.3 is 5.97 Å². The zero-order valence-electron chi connectivity index (χ0n) is 13.4. The molecule has 0 saturated carbocycles. The van der Waals surface area contributed by atoms with Gasteiger partial charge in [-0.2, -0.15) is 0 Å². The number of aliphatic carboxylic acids is 1. The highest BCUT2D eigenvalue weighted by atomic mass is 16.5. The van der Waals surface area contributed by atoms with E-state index in [0.717, 1.165) is 22.0 Å². The van der Waals surface area contributed by atoms with E-state index in [1.54, 1.807) is 26.2 Å². The van der Waals surface area contributed by atoms with E-state index < -0.39 is 11.4 Å². The molecule has 1 heterocycles. The molecule has 1 aromatic heterocycles. The molecule has 0 spiro atoms. The molecule has 4 heteroatoms. The highest BCUT2D eigenvalue weighted by Crippen LogP contribution is 2.38. The summed E-state index contributed by atoms with van der Waals surface area (Å²) in [5, 5.41) is 10.9. The van der Waals surface area contributed by atoms with Crippen molar-refractivity contribution < 1.29 is 14.6 Å². The van der Waals surface area contributed by atoms with Crippen molar-refractivity contribution in [2.24, 2.45) is 7.05 Å². The molecule has 3 aromatic rings. The maximum absolute atomic E-state index is 12.2. The molecule has 0 bridgehead atoms. The molecule has 1 unspecified atom stereocenters. The zero-order valence-corrected chi connectivity index (χ0v) is 13.4. The molecule has 0 fully saturated rings. The minimum absolute atomic E-state index is 0.708. The van der Waals surface area contributed by atoms with Crippen molar-refractivity contribution in [2.75, 3.05) is 7.11 Å². The number of nitrogens with zero attached hydrogens (tertiary/aromatic N) is 1. The number of para-hydroxylation sites is 1. The molecule has 0 radical (unpaired) electrons. The van der Waals surface area contributed by atoms with Gasteiger partial charge < -0.3 is 14.4 Å². The van der Waals surface area contributed by atoms with E-state index in [2.05, 4.69) is 0 Å². The quantitative estimate of drug-likeness (QED) is 0.801. The lowest BCUT2D eigenvalue weighted by Crippen LogP contribution is -2.33. The van der Waals surface area contributed by atoms with E-state index in [1.807, 2.05) is 54.2 Å². The summed E-state index contributed by atoms with van der Waals surface area (Å²) in [5.74, 6) is -0.168. The van der Waals surface area contributed by atoms with Crippen LogP contribution in [0.4, 0.5) is 0 Å². The summed E-state index contributed by atoms with van der Waals surface area (Å²) >= 11 is 0. The van der Waals surface area contributed by atoms with E-state index >= 15 is 0 Å². The van der Waals surface area contributed by atoms with Crippen LogP contribution in [0, 0.1) is 0 Å². The number of aryl methyl sites for hydroxylation is 1. The topological polar surface area (TPSA) is 51.5 Å². The summed E-state index contributed by atoms with van der Waals surface area (Å²) in [6.45, 7) is 1.75. The number of carboxylic acids is 1. The summed E-state index contributed by atoms with van der Waals surface area (Å²) in [4.78, 5) is 12.2. The number of carbonyl (C=O) groups is 1. The highest BCUT2D eigenvalue weighted by Gasteiger charge is 2.39. The third-order valence-corrected chi connectivity index (χ3v) is 4.53. The first-order valence-corrected chi connectivity index (χ1v) is 7.41. The van der Waals surface area contributed by atoms with Crippen LogP contribution in [0.3, 0.4) is 0 Å². The normalized spacial score (nSPS) is 13.7. The van der Waals surface area contributed by atoms with Crippen LogP contribution in [0.5, 0.6) is 5.75 Å². The Bertz CT molecular complexity index is 864. The fourth-order valence-electron chi connectivity index (χ4n) is 3.06. The number of ether oxygens (including phenoxy) is 1. The second-order valence-electron chi connectivity index (χ2n) is 5.83. The number of methoxy groups -OCH3 is 1. The smallest absolute Gasteiger partial charge is 0.318 e. The van der Waals surface area contributed by atoms with Gasteiger partial charge in [-0.1, -0.05) is 30.3 Å². The van der Waals surface area contributed by atoms with Gasteiger partial charge in [-0.3, -0.25) is 4.79 Å². The van der Waals surface area contributed by atoms with E-state index in [1.165, 1.54) is 0 Å². The maximum Gasteiger partial charge on any atom is 0.318 e. The lowest BCUT2D eigenvalue weighted by atomic mass is 9.76. The minimum Gasteiger partial charge on any atom is -0.497 e. The Morgan fingerprint density at radius 2 is 1.78 bits per heavy atom. The van der Waals surface area contributed by atoms with Gasteiger partial charge in [0.05, 0.1) is 7.11 Å². The molecule has 0 saturated heterocycles. The van der Waals surface area contributed by atoms with Crippen LogP contribution >= 0.6 is 0 Å². The summed E-state index contributed by atoms with van der Waals surface area (Å²) in [6.07, 6.45) is 1.91. The van der Waals surface area contributed by atoms with Crippen LogP contribution in [0.25, 0.3) is 10.9 Å². The Labute approximate surface area is 134 Å². The molecule has 23 heavy (non-hydrogen) atoms. The van der Waals surface area contributed by atoms with Crippen LogP contribution in [0.2, 0.25) is 0 Å².